The van der Waals surface area contributed by atoms with Gasteiger partial charge in [0.05, 0.1) is 29.4 Å². The van der Waals surface area contributed by atoms with E-state index in [9.17, 15) is 35.9 Å². The van der Waals surface area contributed by atoms with Gasteiger partial charge >= 0.3 is 18.3 Å². The molecule has 0 fully saturated rings. The molecule has 0 aliphatic carbocycles. The molecule has 0 bridgehead atoms. The van der Waals surface area contributed by atoms with Gasteiger partial charge in [-0.3, -0.25) is 9.78 Å². The number of methoxy groups -OCH3 is 1. The van der Waals surface area contributed by atoms with E-state index in [1.165, 1.54) is 36.7 Å². The number of hydrogen-bond donors (Lipinski definition) is 0. The van der Waals surface area contributed by atoms with Gasteiger partial charge in [0.2, 0.25) is 0 Å². The molecule has 0 unspecified atom stereocenters. The molecular formula is C24H18F6N2O3. The number of halogens is 6. The number of aromatic nitrogens is 1. The summed E-state index contributed by atoms with van der Waals surface area (Å²) < 4.78 is 84.6. The highest BCUT2D eigenvalue weighted by atomic mass is 19.4. The molecule has 0 atom stereocenters. The second-order valence-corrected chi connectivity index (χ2v) is 7.47. The van der Waals surface area contributed by atoms with Gasteiger partial charge in [0.15, 0.2) is 0 Å². The molecule has 0 saturated heterocycles. The van der Waals surface area contributed by atoms with Crippen LogP contribution in [0.25, 0.3) is 0 Å². The van der Waals surface area contributed by atoms with E-state index < -0.39 is 41.9 Å². The number of esters is 1. The predicted octanol–water partition coefficient (Wildman–Crippen LogP) is 5.75. The zero-order valence-electron chi connectivity index (χ0n) is 18.2. The standard InChI is InChI=1S/C24H18F6N2O3/c1-35-22(34)20-7-3-2-6-19(20)21(33)32(13-15-5-4-8-31-12-15)14-16-9-17(23(25,26)27)11-18(10-16)24(28,29)30/h2-12H,13-14H2,1H3. The number of hydrogen-bond acceptors (Lipinski definition) is 4. The van der Waals surface area contributed by atoms with E-state index in [0.29, 0.717) is 17.7 Å². The highest BCUT2D eigenvalue weighted by molar-refractivity contribution is 6.05. The molecule has 0 aliphatic heterocycles. The monoisotopic (exact) mass is 496 g/mol. The summed E-state index contributed by atoms with van der Waals surface area (Å²) in [6.07, 6.45) is -7.21. The molecule has 11 heteroatoms. The first kappa shape index (κ1) is 25.7. The number of benzene rings is 2. The van der Waals surface area contributed by atoms with Crippen LogP contribution in [0.3, 0.4) is 0 Å². The van der Waals surface area contributed by atoms with Crippen molar-refractivity contribution in [3.8, 4) is 0 Å². The molecule has 5 nitrogen and oxygen atoms in total. The lowest BCUT2D eigenvalue weighted by molar-refractivity contribution is -0.143. The summed E-state index contributed by atoms with van der Waals surface area (Å²) in [6.45, 7) is -0.796. The van der Waals surface area contributed by atoms with Crippen LogP contribution in [0, 0.1) is 0 Å². The van der Waals surface area contributed by atoms with Crippen molar-refractivity contribution in [2.75, 3.05) is 7.11 Å². The Morgan fingerprint density at radius 1 is 0.829 bits per heavy atom. The fourth-order valence-electron chi connectivity index (χ4n) is 3.37. The van der Waals surface area contributed by atoms with Gasteiger partial charge < -0.3 is 9.64 Å². The van der Waals surface area contributed by atoms with Gasteiger partial charge in [-0.2, -0.15) is 26.3 Å². The first-order valence-corrected chi connectivity index (χ1v) is 10.0. The third-order valence-electron chi connectivity index (χ3n) is 4.97. The van der Waals surface area contributed by atoms with E-state index in [1.54, 1.807) is 12.1 Å². The van der Waals surface area contributed by atoms with Crippen molar-refractivity contribution >= 4 is 11.9 Å². The maximum absolute atomic E-state index is 13.4. The van der Waals surface area contributed by atoms with E-state index in [1.807, 2.05) is 0 Å². The second kappa shape index (κ2) is 10.2. The highest BCUT2D eigenvalue weighted by Gasteiger charge is 2.37. The largest absolute Gasteiger partial charge is 0.465 e. The average Bonchev–Trinajstić information content (AvgIpc) is 2.82. The van der Waals surface area contributed by atoms with Crippen LogP contribution >= 0.6 is 0 Å². The lowest BCUT2D eigenvalue weighted by Gasteiger charge is -2.25. The average molecular weight is 496 g/mol. The summed E-state index contributed by atoms with van der Waals surface area (Å²) >= 11 is 0. The number of alkyl halides is 6. The number of rotatable bonds is 6. The molecule has 0 aliphatic rings. The molecule has 2 aromatic carbocycles. The van der Waals surface area contributed by atoms with Crippen LogP contribution in [-0.4, -0.2) is 28.9 Å². The number of pyridine rings is 1. The Labute approximate surface area is 196 Å². The van der Waals surface area contributed by atoms with Crippen LogP contribution < -0.4 is 0 Å². The number of carbonyl (C=O) groups excluding carboxylic acids is 2. The third-order valence-corrected chi connectivity index (χ3v) is 4.97. The van der Waals surface area contributed by atoms with Crippen LogP contribution in [0.2, 0.25) is 0 Å². The Bertz CT molecular complexity index is 1180. The van der Waals surface area contributed by atoms with Gasteiger partial charge in [0.1, 0.15) is 0 Å². The van der Waals surface area contributed by atoms with Gasteiger partial charge in [-0.1, -0.05) is 18.2 Å². The van der Waals surface area contributed by atoms with Crippen LogP contribution in [0.5, 0.6) is 0 Å². The lowest BCUT2D eigenvalue weighted by atomic mass is 10.0. The first-order valence-electron chi connectivity index (χ1n) is 10.0. The quantitative estimate of drug-likeness (QED) is 0.322. The van der Waals surface area contributed by atoms with Crippen LogP contribution in [0.4, 0.5) is 26.3 Å². The SMILES string of the molecule is COC(=O)c1ccccc1C(=O)N(Cc1cccnc1)Cc1cc(C(F)(F)F)cc(C(F)(F)F)c1. The molecule has 0 radical (unpaired) electrons. The van der Waals surface area contributed by atoms with E-state index in [-0.39, 0.29) is 29.3 Å². The maximum atomic E-state index is 13.4. The molecular weight excluding hydrogens is 478 g/mol. The molecule has 0 spiro atoms. The van der Waals surface area contributed by atoms with Crippen LogP contribution in [-0.2, 0) is 30.2 Å². The number of amides is 1. The lowest BCUT2D eigenvalue weighted by Crippen LogP contribution is -2.31. The Balaban J connectivity index is 2.08. The van der Waals surface area contributed by atoms with Gasteiger partial charge in [-0.05, 0) is 47.5 Å². The molecule has 1 amide bonds. The van der Waals surface area contributed by atoms with Gasteiger partial charge in [-0.15, -0.1) is 0 Å². The van der Waals surface area contributed by atoms with Crippen LogP contribution in [0.15, 0.2) is 67.0 Å². The molecule has 1 aromatic heterocycles. The highest BCUT2D eigenvalue weighted by Crippen LogP contribution is 2.36. The molecule has 0 saturated carbocycles. The van der Waals surface area contributed by atoms with Crippen molar-refractivity contribution < 1.29 is 40.7 Å². The minimum atomic E-state index is -5.04. The fourth-order valence-corrected chi connectivity index (χ4v) is 3.37. The van der Waals surface area contributed by atoms with E-state index in [2.05, 4.69) is 9.72 Å². The van der Waals surface area contributed by atoms with Crippen molar-refractivity contribution in [3.05, 3.63) is 100 Å². The smallest absolute Gasteiger partial charge is 0.416 e. The molecule has 184 valence electrons. The normalized spacial score (nSPS) is 11.7. The Morgan fingerprint density at radius 3 is 1.91 bits per heavy atom. The van der Waals surface area contributed by atoms with Crippen molar-refractivity contribution in [2.45, 2.75) is 25.4 Å². The van der Waals surface area contributed by atoms with E-state index in [4.69, 9.17) is 0 Å². The van der Waals surface area contributed by atoms with Crippen molar-refractivity contribution in [2.24, 2.45) is 0 Å². The molecule has 3 rings (SSSR count). The third kappa shape index (κ3) is 6.37. The molecule has 0 N–H and O–H groups in total. The zero-order chi connectivity index (χ0) is 25.8. The topological polar surface area (TPSA) is 59.5 Å². The Kier molecular flexibility index (Phi) is 7.47. The second-order valence-electron chi connectivity index (χ2n) is 7.47. The van der Waals surface area contributed by atoms with Crippen LogP contribution in [0.1, 0.15) is 43.0 Å². The first-order chi connectivity index (χ1) is 16.4. The summed E-state index contributed by atoms with van der Waals surface area (Å²) in [7, 11) is 1.11. The van der Waals surface area contributed by atoms with Gasteiger partial charge in [0, 0.05) is 25.5 Å². The van der Waals surface area contributed by atoms with Gasteiger partial charge in [0.25, 0.3) is 5.91 Å². The number of carbonyl (C=O) groups is 2. The summed E-state index contributed by atoms with van der Waals surface area (Å²) in [6, 6.07) is 9.88. The fraction of sp³-hybridized carbons (Fsp3) is 0.208. The maximum Gasteiger partial charge on any atom is 0.416 e. The van der Waals surface area contributed by atoms with Gasteiger partial charge in [-0.25, -0.2) is 4.79 Å². The Hall–Kier alpha value is -3.89. The Morgan fingerprint density at radius 2 is 1.40 bits per heavy atom. The molecule has 35 heavy (non-hydrogen) atoms. The number of nitrogens with zero attached hydrogens (tertiary/aromatic N) is 2. The summed E-state index contributed by atoms with van der Waals surface area (Å²) in [5.74, 6) is -1.62. The predicted molar refractivity (Wildman–Crippen MR) is 112 cm³/mol. The van der Waals surface area contributed by atoms with E-state index in [0.717, 1.165) is 12.0 Å². The minimum Gasteiger partial charge on any atom is -0.465 e. The van der Waals surface area contributed by atoms with Crippen molar-refractivity contribution in [3.63, 3.8) is 0 Å². The zero-order valence-corrected chi connectivity index (χ0v) is 18.2. The van der Waals surface area contributed by atoms with Crippen molar-refractivity contribution in [1.29, 1.82) is 0 Å². The molecule has 1 heterocycles. The van der Waals surface area contributed by atoms with E-state index >= 15 is 0 Å². The minimum absolute atomic E-state index is 0.0172. The summed E-state index contributed by atoms with van der Waals surface area (Å²) in [5.41, 5.74) is -3.13. The molecule has 3 aromatic rings. The summed E-state index contributed by atoms with van der Waals surface area (Å²) in [5, 5.41) is 0. The summed E-state index contributed by atoms with van der Waals surface area (Å²) in [4.78, 5) is 30.5. The number of ether oxygens (including phenoxy) is 1. The van der Waals surface area contributed by atoms with Crippen molar-refractivity contribution in [1.82, 2.24) is 9.88 Å².